The second-order valence-electron chi connectivity index (χ2n) is 6.08. The maximum Gasteiger partial charge on any atom is 0.238 e. The highest BCUT2D eigenvalue weighted by Gasteiger charge is 2.25. The van der Waals surface area contributed by atoms with E-state index < -0.39 is 0 Å². The second-order valence-corrected chi connectivity index (χ2v) is 6.08. The number of carbonyl (C=O) groups excluding carboxylic acids is 2. The number of amides is 2. The molecule has 1 saturated heterocycles. The molecule has 0 aromatic carbocycles. The van der Waals surface area contributed by atoms with Gasteiger partial charge < -0.3 is 10.6 Å². The summed E-state index contributed by atoms with van der Waals surface area (Å²) in [6, 6.07) is -0.302. The summed E-state index contributed by atoms with van der Waals surface area (Å²) in [6.45, 7) is 7.83. The molecule has 1 aliphatic heterocycles. The van der Waals surface area contributed by atoms with E-state index in [0.717, 1.165) is 6.42 Å². The van der Waals surface area contributed by atoms with Gasteiger partial charge in [-0.25, -0.2) is 0 Å². The first kappa shape index (κ1) is 16.0. The average Bonchev–Trinajstić information content (AvgIpc) is 2.37. The molecule has 1 heterocycles. The number of piperazine rings is 1. The van der Waals surface area contributed by atoms with Crippen LogP contribution in [0, 0.1) is 5.41 Å². The predicted molar refractivity (Wildman–Crippen MR) is 75.7 cm³/mol. The Balaban J connectivity index is 2.26. The Bertz CT molecular complexity index is 306. The fourth-order valence-electron chi connectivity index (χ4n) is 2.14. The molecule has 2 amide bonds. The maximum absolute atomic E-state index is 12.0. The number of hydrogen-bond acceptors (Lipinski definition) is 3. The molecule has 0 aliphatic carbocycles. The number of nitrogens with one attached hydrogen (secondary N) is 3. The van der Waals surface area contributed by atoms with Crippen LogP contribution in [0.4, 0.5) is 0 Å². The first-order valence-electron chi connectivity index (χ1n) is 7.22. The molecular weight excluding hydrogens is 242 g/mol. The van der Waals surface area contributed by atoms with Crippen LogP contribution in [-0.2, 0) is 9.59 Å². The van der Waals surface area contributed by atoms with Gasteiger partial charge in [0.15, 0.2) is 0 Å². The van der Waals surface area contributed by atoms with E-state index in [1.807, 2.05) is 0 Å². The smallest absolute Gasteiger partial charge is 0.238 e. The lowest BCUT2D eigenvalue weighted by atomic mass is 9.87. The molecule has 0 aromatic heterocycles. The molecule has 19 heavy (non-hydrogen) atoms. The van der Waals surface area contributed by atoms with Crippen molar-refractivity contribution in [2.45, 2.75) is 52.5 Å². The van der Waals surface area contributed by atoms with Crippen molar-refractivity contribution in [3.8, 4) is 0 Å². The van der Waals surface area contributed by atoms with Gasteiger partial charge in [0.2, 0.25) is 11.8 Å². The van der Waals surface area contributed by atoms with Gasteiger partial charge in [-0.15, -0.1) is 0 Å². The van der Waals surface area contributed by atoms with Crippen LogP contribution in [0.2, 0.25) is 0 Å². The van der Waals surface area contributed by atoms with E-state index in [2.05, 4.69) is 36.7 Å². The number of carbonyl (C=O) groups is 2. The van der Waals surface area contributed by atoms with Crippen molar-refractivity contribution in [2.24, 2.45) is 5.41 Å². The van der Waals surface area contributed by atoms with Crippen LogP contribution in [0.5, 0.6) is 0 Å². The molecule has 5 nitrogen and oxygen atoms in total. The summed E-state index contributed by atoms with van der Waals surface area (Å²) in [5, 5.41) is 8.60. The van der Waals surface area contributed by atoms with Crippen LogP contribution in [0.25, 0.3) is 0 Å². The highest BCUT2D eigenvalue weighted by atomic mass is 16.2. The van der Waals surface area contributed by atoms with Crippen LogP contribution in [0.15, 0.2) is 0 Å². The van der Waals surface area contributed by atoms with Crippen molar-refractivity contribution >= 4 is 11.8 Å². The molecule has 3 N–H and O–H groups in total. The quantitative estimate of drug-likeness (QED) is 0.599. The van der Waals surface area contributed by atoms with Crippen LogP contribution in [0.3, 0.4) is 0 Å². The third-order valence-corrected chi connectivity index (χ3v) is 3.53. The second kappa shape index (κ2) is 7.48. The Morgan fingerprint density at radius 3 is 2.74 bits per heavy atom. The van der Waals surface area contributed by atoms with Gasteiger partial charge in [0.1, 0.15) is 6.04 Å². The third-order valence-electron chi connectivity index (χ3n) is 3.53. The molecule has 0 radical (unpaired) electrons. The summed E-state index contributed by atoms with van der Waals surface area (Å²) >= 11 is 0. The normalized spacial score (nSPS) is 19.9. The molecule has 0 saturated carbocycles. The van der Waals surface area contributed by atoms with Crippen molar-refractivity contribution < 1.29 is 9.59 Å². The van der Waals surface area contributed by atoms with Gasteiger partial charge in [0.05, 0.1) is 6.54 Å². The largest absolute Gasteiger partial charge is 0.354 e. The number of unbranched alkanes of at least 4 members (excludes halogenated alkanes) is 2. The average molecular weight is 269 g/mol. The van der Waals surface area contributed by atoms with Gasteiger partial charge in [-0.3, -0.25) is 14.9 Å². The molecule has 0 aromatic rings. The molecule has 5 heteroatoms. The van der Waals surface area contributed by atoms with E-state index in [1.54, 1.807) is 0 Å². The summed E-state index contributed by atoms with van der Waals surface area (Å²) in [6.07, 6.45) is 4.79. The minimum absolute atomic E-state index is 0.0245. The molecule has 1 rings (SSSR count). The van der Waals surface area contributed by atoms with E-state index >= 15 is 0 Å². The van der Waals surface area contributed by atoms with Crippen LogP contribution >= 0.6 is 0 Å². The van der Waals surface area contributed by atoms with Gasteiger partial charge >= 0.3 is 0 Å². The van der Waals surface area contributed by atoms with Gasteiger partial charge in [0.25, 0.3) is 0 Å². The zero-order valence-corrected chi connectivity index (χ0v) is 12.3. The molecular formula is C14H27N3O2. The molecule has 0 bridgehead atoms. The Labute approximate surface area is 115 Å². The van der Waals surface area contributed by atoms with E-state index in [0.29, 0.717) is 13.1 Å². The summed E-state index contributed by atoms with van der Waals surface area (Å²) in [5.41, 5.74) is 0.128. The molecule has 110 valence electrons. The van der Waals surface area contributed by atoms with Crippen molar-refractivity contribution in [3.05, 3.63) is 0 Å². The fourth-order valence-corrected chi connectivity index (χ4v) is 2.14. The minimum atomic E-state index is -0.302. The third kappa shape index (κ3) is 6.05. The van der Waals surface area contributed by atoms with E-state index in [-0.39, 0.29) is 29.8 Å². The summed E-state index contributed by atoms with van der Waals surface area (Å²) in [5.74, 6) is -0.0764. The lowest BCUT2D eigenvalue weighted by Crippen LogP contribution is -2.58. The Morgan fingerprint density at radius 1 is 1.42 bits per heavy atom. The van der Waals surface area contributed by atoms with E-state index in [4.69, 9.17) is 0 Å². The summed E-state index contributed by atoms with van der Waals surface area (Å²) < 4.78 is 0. The predicted octanol–water partition coefficient (Wildman–Crippen LogP) is 0.797. The van der Waals surface area contributed by atoms with E-state index in [9.17, 15) is 9.59 Å². The molecule has 1 aliphatic rings. The number of rotatable bonds is 7. The number of hydrogen-bond donors (Lipinski definition) is 3. The van der Waals surface area contributed by atoms with Crippen molar-refractivity contribution in [2.75, 3.05) is 19.6 Å². The van der Waals surface area contributed by atoms with Crippen molar-refractivity contribution in [3.63, 3.8) is 0 Å². The zero-order chi connectivity index (χ0) is 14.3. The van der Waals surface area contributed by atoms with E-state index in [1.165, 1.54) is 19.3 Å². The first-order valence-corrected chi connectivity index (χ1v) is 7.22. The molecule has 1 unspecified atom stereocenters. The topological polar surface area (TPSA) is 70.2 Å². The lowest BCUT2D eigenvalue weighted by molar-refractivity contribution is -0.126. The molecule has 1 fully saturated rings. The zero-order valence-electron chi connectivity index (χ0n) is 12.3. The maximum atomic E-state index is 12.0. The monoisotopic (exact) mass is 269 g/mol. The van der Waals surface area contributed by atoms with Gasteiger partial charge in [-0.2, -0.15) is 0 Å². The van der Waals surface area contributed by atoms with Crippen LogP contribution in [-0.4, -0.2) is 37.5 Å². The molecule has 0 spiro atoms. The molecule has 1 atom stereocenters. The van der Waals surface area contributed by atoms with Crippen molar-refractivity contribution in [1.82, 2.24) is 16.0 Å². The fraction of sp³-hybridized carbons (Fsp3) is 0.857. The van der Waals surface area contributed by atoms with Crippen LogP contribution < -0.4 is 16.0 Å². The van der Waals surface area contributed by atoms with Gasteiger partial charge in [0, 0.05) is 13.1 Å². The Morgan fingerprint density at radius 2 is 2.16 bits per heavy atom. The Hall–Kier alpha value is -1.10. The lowest BCUT2D eigenvalue weighted by Gasteiger charge is -2.28. The van der Waals surface area contributed by atoms with Gasteiger partial charge in [-0.1, -0.05) is 40.0 Å². The Kier molecular flexibility index (Phi) is 6.28. The minimum Gasteiger partial charge on any atom is -0.354 e. The summed E-state index contributed by atoms with van der Waals surface area (Å²) in [7, 11) is 0. The van der Waals surface area contributed by atoms with Crippen molar-refractivity contribution in [1.29, 1.82) is 0 Å². The van der Waals surface area contributed by atoms with Gasteiger partial charge in [-0.05, 0) is 11.8 Å². The first-order chi connectivity index (χ1) is 8.94. The standard InChI is InChI=1S/C14H27N3O2/c1-4-5-6-7-14(2,3)10-17-13(19)11-8-16-12(18)9-15-11/h11,15H,4-10H2,1-3H3,(H,16,18)(H,17,19). The highest BCUT2D eigenvalue weighted by Crippen LogP contribution is 2.22. The highest BCUT2D eigenvalue weighted by molar-refractivity contribution is 5.86. The van der Waals surface area contributed by atoms with Crippen LogP contribution in [0.1, 0.15) is 46.5 Å². The SMILES string of the molecule is CCCCCC(C)(C)CNC(=O)C1CNC(=O)CN1. The summed E-state index contributed by atoms with van der Waals surface area (Å²) in [4.78, 5) is 22.9.